The van der Waals surface area contributed by atoms with Crippen molar-refractivity contribution in [2.45, 2.75) is 39.7 Å². The van der Waals surface area contributed by atoms with E-state index < -0.39 is 6.04 Å². The number of ether oxygens (including phenoxy) is 1. The van der Waals surface area contributed by atoms with Crippen LogP contribution in [0.2, 0.25) is 0 Å². The summed E-state index contributed by atoms with van der Waals surface area (Å²) >= 11 is 0. The Labute approximate surface area is 198 Å². The average Bonchev–Trinajstić information content (AvgIpc) is 3.22. The van der Waals surface area contributed by atoms with E-state index >= 15 is 0 Å². The number of allylic oxidation sites excluding steroid dienone is 2. The maximum absolute atomic E-state index is 13.3. The minimum absolute atomic E-state index is 0.106. The van der Waals surface area contributed by atoms with Crippen molar-refractivity contribution in [1.29, 1.82) is 0 Å². The van der Waals surface area contributed by atoms with Gasteiger partial charge in [0.2, 0.25) is 0 Å². The van der Waals surface area contributed by atoms with Gasteiger partial charge in [0.1, 0.15) is 23.2 Å². The van der Waals surface area contributed by atoms with Crippen LogP contribution < -0.4 is 15.4 Å². The maximum atomic E-state index is 13.3. The number of Topliss-reactive ketones (excluding diaryl/α,β-unsaturated/α-hetero) is 1. The number of carbonyl (C=O) groups is 2. The summed E-state index contributed by atoms with van der Waals surface area (Å²) in [5, 5.41) is 10.9. The van der Waals surface area contributed by atoms with Crippen LogP contribution in [0, 0.1) is 5.41 Å². The lowest BCUT2D eigenvalue weighted by molar-refractivity contribution is -0.118. The Balaban J connectivity index is 1.58. The van der Waals surface area contributed by atoms with Crippen molar-refractivity contribution in [2.75, 3.05) is 17.2 Å². The number of para-hydroxylation sites is 1. The molecule has 0 saturated carbocycles. The molecule has 1 unspecified atom stereocenters. The predicted molar refractivity (Wildman–Crippen MR) is 131 cm³/mol. The molecule has 1 atom stereocenters. The van der Waals surface area contributed by atoms with Gasteiger partial charge in [-0.3, -0.25) is 9.59 Å². The SMILES string of the molecule is CCOc1ccc(C2C3=C(CC(C)(C)CC3=O)Nc3c(C(=O)Nc4ccccc4)cnn32)cc1. The highest BCUT2D eigenvalue weighted by Gasteiger charge is 2.42. The first kappa shape index (κ1) is 21.9. The zero-order valence-corrected chi connectivity index (χ0v) is 19.6. The molecule has 3 aromatic rings. The number of carbonyl (C=O) groups excluding carboxylic acids is 2. The summed E-state index contributed by atoms with van der Waals surface area (Å²) in [6.45, 7) is 6.71. The minimum atomic E-state index is -0.413. The summed E-state index contributed by atoms with van der Waals surface area (Å²) in [5.41, 5.74) is 3.48. The molecule has 2 N–H and O–H groups in total. The summed E-state index contributed by atoms with van der Waals surface area (Å²) in [5.74, 6) is 1.22. The fraction of sp³-hybridized carbons (Fsp3) is 0.296. The summed E-state index contributed by atoms with van der Waals surface area (Å²) < 4.78 is 7.35. The number of hydrogen-bond acceptors (Lipinski definition) is 5. The van der Waals surface area contributed by atoms with Gasteiger partial charge >= 0.3 is 0 Å². The Morgan fingerprint density at radius 1 is 1.15 bits per heavy atom. The second-order valence-corrected chi connectivity index (χ2v) is 9.53. The highest BCUT2D eigenvalue weighted by atomic mass is 16.5. The minimum Gasteiger partial charge on any atom is -0.494 e. The molecular formula is C27H28N4O3. The third-order valence-corrected chi connectivity index (χ3v) is 6.29. The van der Waals surface area contributed by atoms with E-state index in [1.807, 2.05) is 61.5 Å². The molecule has 2 aromatic carbocycles. The van der Waals surface area contributed by atoms with Crippen molar-refractivity contribution in [3.05, 3.63) is 83.2 Å². The lowest BCUT2D eigenvalue weighted by atomic mass is 9.73. The number of amides is 1. The van der Waals surface area contributed by atoms with Crippen LogP contribution in [0.5, 0.6) is 5.75 Å². The Hall–Kier alpha value is -3.87. The van der Waals surface area contributed by atoms with Crippen LogP contribution in [-0.2, 0) is 4.79 Å². The number of nitrogens with zero attached hydrogens (tertiary/aromatic N) is 2. The molecule has 34 heavy (non-hydrogen) atoms. The highest BCUT2D eigenvalue weighted by Crippen LogP contribution is 2.46. The lowest BCUT2D eigenvalue weighted by Gasteiger charge is -2.39. The first-order valence-corrected chi connectivity index (χ1v) is 11.6. The molecule has 0 bridgehead atoms. The number of ketones is 1. The topological polar surface area (TPSA) is 85.2 Å². The zero-order valence-electron chi connectivity index (χ0n) is 19.6. The molecule has 7 heteroatoms. The molecule has 5 rings (SSSR count). The monoisotopic (exact) mass is 456 g/mol. The fourth-order valence-corrected chi connectivity index (χ4v) is 4.82. The fourth-order valence-electron chi connectivity index (χ4n) is 4.82. The molecule has 0 fully saturated rings. The number of anilines is 2. The normalized spacial score (nSPS) is 18.6. The third-order valence-electron chi connectivity index (χ3n) is 6.29. The van der Waals surface area contributed by atoms with Crippen LogP contribution in [0.1, 0.15) is 55.6 Å². The van der Waals surface area contributed by atoms with E-state index in [9.17, 15) is 9.59 Å². The molecule has 1 aliphatic carbocycles. The Morgan fingerprint density at radius 3 is 2.59 bits per heavy atom. The second-order valence-electron chi connectivity index (χ2n) is 9.53. The number of hydrogen-bond donors (Lipinski definition) is 2. The van der Waals surface area contributed by atoms with Gasteiger partial charge in [-0.15, -0.1) is 0 Å². The Bertz CT molecular complexity index is 1270. The molecule has 0 radical (unpaired) electrons. The number of aromatic nitrogens is 2. The average molecular weight is 457 g/mol. The van der Waals surface area contributed by atoms with Crippen LogP contribution >= 0.6 is 0 Å². The molecule has 1 amide bonds. The maximum Gasteiger partial charge on any atom is 0.261 e. The van der Waals surface area contributed by atoms with E-state index in [1.54, 1.807) is 10.9 Å². The van der Waals surface area contributed by atoms with E-state index in [-0.39, 0.29) is 17.1 Å². The first-order valence-electron chi connectivity index (χ1n) is 11.6. The van der Waals surface area contributed by atoms with Crippen LogP contribution in [0.4, 0.5) is 11.5 Å². The van der Waals surface area contributed by atoms with Gasteiger partial charge in [0.05, 0.1) is 12.8 Å². The predicted octanol–water partition coefficient (Wildman–Crippen LogP) is 5.19. The molecule has 0 saturated heterocycles. The van der Waals surface area contributed by atoms with E-state index in [4.69, 9.17) is 4.74 Å². The van der Waals surface area contributed by atoms with Gasteiger partial charge in [-0.25, -0.2) is 4.68 Å². The summed E-state index contributed by atoms with van der Waals surface area (Å²) in [6, 6.07) is 16.7. The smallest absolute Gasteiger partial charge is 0.261 e. The van der Waals surface area contributed by atoms with Crippen LogP contribution in [0.15, 0.2) is 72.1 Å². The van der Waals surface area contributed by atoms with Gasteiger partial charge in [0.25, 0.3) is 5.91 Å². The molecule has 2 aliphatic rings. The molecule has 1 aliphatic heterocycles. The summed E-state index contributed by atoms with van der Waals surface area (Å²) in [4.78, 5) is 26.5. The van der Waals surface area contributed by atoms with Crippen molar-refractivity contribution in [3.8, 4) is 5.75 Å². The second kappa shape index (κ2) is 8.48. The van der Waals surface area contributed by atoms with Crippen LogP contribution in [0.3, 0.4) is 0 Å². The lowest BCUT2D eigenvalue weighted by Crippen LogP contribution is -2.37. The van der Waals surface area contributed by atoms with Crippen molar-refractivity contribution in [1.82, 2.24) is 9.78 Å². The van der Waals surface area contributed by atoms with Gasteiger partial charge < -0.3 is 15.4 Å². The molecule has 0 spiro atoms. The molecule has 2 heterocycles. The van der Waals surface area contributed by atoms with E-state index in [1.165, 1.54) is 0 Å². The largest absolute Gasteiger partial charge is 0.494 e. The van der Waals surface area contributed by atoms with Crippen molar-refractivity contribution >= 4 is 23.2 Å². The van der Waals surface area contributed by atoms with Gasteiger partial charge in [0.15, 0.2) is 5.78 Å². The van der Waals surface area contributed by atoms with Gasteiger partial charge in [-0.05, 0) is 48.6 Å². The summed E-state index contributed by atoms with van der Waals surface area (Å²) in [7, 11) is 0. The van der Waals surface area contributed by atoms with E-state index in [0.717, 1.165) is 17.0 Å². The Kier molecular flexibility index (Phi) is 5.48. The van der Waals surface area contributed by atoms with E-state index in [2.05, 4.69) is 29.6 Å². The quantitative estimate of drug-likeness (QED) is 0.552. The van der Waals surface area contributed by atoms with Crippen molar-refractivity contribution < 1.29 is 14.3 Å². The van der Waals surface area contributed by atoms with Gasteiger partial charge in [-0.1, -0.05) is 44.2 Å². The molecule has 1 aromatic heterocycles. The van der Waals surface area contributed by atoms with Crippen LogP contribution in [0.25, 0.3) is 0 Å². The summed E-state index contributed by atoms with van der Waals surface area (Å²) in [6.07, 6.45) is 2.75. The first-order chi connectivity index (χ1) is 16.4. The standard InChI is InChI=1S/C27H28N4O3/c1-4-34-19-12-10-17(11-13-19)24-23-21(14-27(2,3)15-22(23)32)30-25-20(16-28-31(24)25)26(33)29-18-8-6-5-7-9-18/h5-13,16,24,30H,4,14-15H2,1-3H3,(H,29,33). The van der Waals surface area contributed by atoms with Crippen molar-refractivity contribution in [2.24, 2.45) is 5.41 Å². The van der Waals surface area contributed by atoms with Gasteiger partial charge in [0, 0.05) is 23.4 Å². The van der Waals surface area contributed by atoms with Crippen molar-refractivity contribution in [3.63, 3.8) is 0 Å². The zero-order chi connectivity index (χ0) is 23.9. The number of nitrogens with one attached hydrogen (secondary N) is 2. The number of benzene rings is 2. The number of fused-ring (bicyclic) bond motifs is 1. The Morgan fingerprint density at radius 2 is 1.88 bits per heavy atom. The van der Waals surface area contributed by atoms with E-state index in [0.29, 0.717) is 42.1 Å². The molecular weight excluding hydrogens is 428 g/mol. The van der Waals surface area contributed by atoms with Crippen LogP contribution in [-0.4, -0.2) is 28.1 Å². The highest BCUT2D eigenvalue weighted by molar-refractivity contribution is 6.08. The van der Waals surface area contributed by atoms with Gasteiger partial charge in [-0.2, -0.15) is 5.10 Å². The third kappa shape index (κ3) is 3.98. The number of rotatable bonds is 5. The molecule has 174 valence electrons. The molecule has 7 nitrogen and oxygen atoms in total.